The van der Waals surface area contributed by atoms with E-state index in [9.17, 15) is 0 Å². The predicted molar refractivity (Wildman–Crippen MR) is 117 cm³/mol. The fourth-order valence-electron chi connectivity index (χ4n) is 3.56. The average Bonchev–Trinajstić information content (AvgIpc) is 2.63. The molecule has 0 bridgehead atoms. The van der Waals surface area contributed by atoms with Crippen molar-refractivity contribution in [1.29, 1.82) is 0 Å². The van der Waals surface area contributed by atoms with Crippen LogP contribution in [0.4, 0.5) is 0 Å². The largest absolute Gasteiger partial charge is 0.0885 e. The number of unbranched alkanes of at least 4 members (excludes halogenated alkanes) is 19. The molecule has 0 atom stereocenters. The Bertz CT molecular complexity index is 240. The first-order valence-electron chi connectivity index (χ1n) is 12.1. The van der Waals surface area contributed by atoms with Gasteiger partial charge in [-0.05, 0) is 25.7 Å². The standard InChI is InChI=1S/C25H50/c1-3-5-7-9-11-13-15-17-19-21-23-25-24-22-20-18-16-14-12-10-8-6-4-2/h21,23H,3-20,22,24-25H2,1-2H3/b23-21-. The monoisotopic (exact) mass is 350 g/mol. The zero-order valence-corrected chi connectivity index (χ0v) is 18.0. The van der Waals surface area contributed by atoms with Crippen LogP contribution in [-0.4, -0.2) is 0 Å². The maximum absolute atomic E-state index is 2.44. The van der Waals surface area contributed by atoms with E-state index in [1.165, 1.54) is 135 Å². The second-order valence-corrected chi connectivity index (χ2v) is 8.06. The quantitative estimate of drug-likeness (QED) is 0.143. The molecule has 0 amide bonds. The lowest BCUT2D eigenvalue weighted by Gasteiger charge is -2.02. The van der Waals surface area contributed by atoms with Gasteiger partial charge in [-0.15, -0.1) is 0 Å². The van der Waals surface area contributed by atoms with Crippen LogP contribution in [0.2, 0.25) is 0 Å². The van der Waals surface area contributed by atoms with E-state index in [4.69, 9.17) is 0 Å². The molecule has 0 aromatic rings. The fourth-order valence-corrected chi connectivity index (χ4v) is 3.56. The highest BCUT2D eigenvalue weighted by Crippen LogP contribution is 2.13. The van der Waals surface area contributed by atoms with E-state index < -0.39 is 0 Å². The van der Waals surface area contributed by atoms with Crippen LogP contribution in [-0.2, 0) is 0 Å². The van der Waals surface area contributed by atoms with Crippen molar-refractivity contribution in [3.63, 3.8) is 0 Å². The second-order valence-electron chi connectivity index (χ2n) is 8.06. The summed E-state index contributed by atoms with van der Waals surface area (Å²) in [5.41, 5.74) is 0. The number of rotatable bonds is 21. The minimum absolute atomic E-state index is 1.31. The van der Waals surface area contributed by atoms with Crippen molar-refractivity contribution in [3.05, 3.63) is 12.2 Å². The molecule has 0 heteroatoms. The lowest BCUT2D eigenvalue weighted by atomic mass is 10.0. The molecule has 0 rings (SSSR count). The number of hydrogen-bond donors (Lipinski definition) is 0. The molecule has 0 saturated carbocycles. The van der Waals surface area contributed by atoms with E-state index in [1.54, 1.807) is 0 Å². The molecule has 0 N–H and O–H groups in total. The van der Waals surface area contributed by atoms with Gasteiger partial charge >= 0.3 is 0 Å². The van der Waals surface area contributed by atoms with Gasteiger partial charge in [0.15, 0.2) is 0 Å². The third-order valence-electron chi connectivity index (χ3n) is 5.37. The molecule has 0 aliphatic carbocycles. The van der Waals surface area contributed by atoms with Crippen LogP contribution in [0.25, 0.3) is 0 Å². The molecule has 0 radical (unpaired) electrons. The van der Waals surface area contributed by atoms with Gasteiger partial charge in [-0.3, -0.25) is 0 Å². The van der Waals surface area contributed by atoms with Gasteiger partial charge in [0.2, 0.25) is 0 Å². The van der Waals surface area contributed by atoms with Crippen LogP contribution in [0.1, 0.15) is 149 Å². The van der Waals surface area contributed by atoms with Crippen molar-refractivity contribution in [2.24, 2.45) is 0 Å². The molecule has 0 aromatic heterocycles. The van der Waals surface area contributed by atoms with Crippen LogP contribution >= 0.6 is 0 Å². The summed E-state index contributed by atoms with van der Waals surface area (Å²) >= 11 is 0. The highest BCUT2D eigenvalue weighted by atomic mass is 14.0. The van der Waals surface area contributed by atoms with Crippen molar-refractivity contribution in [1.82, 2.24) is 0 Å². The number of hydrogen-bond acceptors (Lipinski definition) is 0. The molecule has 0 aliphatic heterocycles. The van der Waals surface area contributed by atoms with Gasteiger partial charge in [-0.25, -0.2) is 0 Å². The average molecular weight is 351 g/mol. The Balaban J connectivity index is 3.04. The summed E-state index contributed by atoms with van der Waals surface area (Å²) in [6.45, 7) is 4.59. The summed E-state index contributed by atoms with van der Waals surface area (Å²) in [6.07, 6.45) is 34.9. The zero-order chi connectivity index (χ0) is 18.3. The molecule has 0 fully saturated rings. The van der Waals surface area contributed by atoms with E-state index in [-0.39, 0.29) is 0 Å². The van der Waals surface area contributed by atoms with E-state index in [0.29, 0.717) is 0 Å². The maximum Gasteiger partial charge on any atom is -0.0351 e. The van der Waals surface area contributed by atoms with Crippen LogP contribution in [0.5, 0.6) is 0 Å². The summed E-state index contributed by atoms with van der Waals surface area (Å²) in [5, 5.41) is 0. The van der Waals surface area contributed by atoms with Crippen molar-refractivity contribution >= 4 is 0 Å². The topological polar surface area (TPSA) is 0 Å². The third kappa shape index (κ3) is 23.7. The van der Waals surface area contributed by atoms with Gasteiger partial charge in [-0.1, -0.05) is 135 Å². The van der Waals surface area contributed by atoms with Crippen molar-refractivity contribution in [3.8, 4) is 0 Å². The molecule has 0 nitrogen and oxygen atoms in total. The molecule has 0 aromatic carbocycles. The highest BCUT2D eigenvalue weighted by Gasteiger charge is 1.93. The van der Waals surface area contributed by atoms with E-state index in [1.807, 2.05) is 0 Å². The fraction of sp³-hybridized carbons (Fsp3) is 0.920. The summed E-state index contributed by atoms with van der Waals surface area (Å²) < 4.78 is 0. The molecule has 0 saturated heterocycles. The van der Waals surface area contributed by atoms with E-state index >= 15 is 0 Å². The summed E-state index contributed by atoms with van der Waals surface area (Å²) in [5.74, 6) is 0. The summed E-state index contributed by atoms with van der Waals surface area (Å²) in [7, 11) is 0. The first kappa shape index (κ1) is 24.7. The van der Waals surface area contributed by atoms with Gasteiger partial charge in [0.25, 0.3) is 0 Å². The molecule has 0 heterocycles. The molecule has 0 aliphatic rings. The molecule has 0 spiro atoms. The molecule has 25 heavy (non-hydrogen) atoms. The SMILES string of the molecule is CCCCCCCCCC/C=C\CCCCCCCCCCCCC. The molecule has 150 valence electrons. The lowest BCUT2D eigenvalue weighted by Crippen LogP contribution is -1.82. The van der Waals surface area contributed by atoms with Crippen molar-refractivity contribution in [2.75, 3.05) is 0 Å². The van der Waals surface area contributed by atoms with Gasteiger partial charge in [0.05, 0.1) is 0 Å². The Labute approximate surface area is 161 Å². The molecular weight excluding hydrogens is 300 g/mol. The van der Waals surface area contributed by atoms with Crippen molar-refractivity contribution in [2.45, 2.75) is 149 Å². The maximum atomic E-state index is 2.44. The van der Waals surface area contributed by atoms with Gasteiger partial charge < -0.3 is 0 Å². The van der Waals surface area contributed by atoms with E-state index in [2.05, 4.69) is 26.0 Å². The highest BCUT2D eigenvalue weighted by molar-refractivity contribution is 4.81. The van der Waals surface area contributed by atoms with Crippen LogP contribution in [0, 0.1) is 0 Å². The smallest absolute Gasteiger partial charge is 0.0351 e. The van der Waals surface area contributed by atoms with Crippen molar-refractivity contribution < 1.29 is 0 Å². The predicted octanol–water partition coefficient (Wildman–Crippen LogP) is 9.77. The zero-order valence-electron chi connectivity index (χ0n) is 18.0. The summed E-state index contributed by atoms with van der Waals surface area (Å²) in [6, 6.07) is 0. The van der Waals surface area contributed by atoms with Crippen LogP contribution < -0.4 is 0 Å². The first-order chi connectivity index (χ1) is 12.4. The Morgan fingerprint density at radius 2 is 0.560 bits per heavy atom. The third-order valence-corrected chi connectivity index (χ3v) is 5.37. The second kappa shape index (κ2) is 23.7. The Morgan fingerprint density at radius 3 is 0.840 bits per heavy atom. The van der Waals surface area contributed by atoms with Gasteiger partial charge in [-0.2, -0.15) is 0 Å². The number of allylic oxidation sites excluding steroid dienone is 2. The minimum atomic E-state index is 1.31. The van der Waals surface area contributed by atoms with E-state index in [0.717, 1.165) is 0 Å². The lowest BCUT2D eigenvalue weighted by molar-refractivity contribution is 0.550. The van der Waals surface area contributed by atoms with Gasteiger partial charge in [0, 0.05) is 0 Å². The summed E-state index contributed by atoms with van der Waals surface area (Å²) in [4.78, 5) is 0. The molecule has 0 unspecified atom stereocenters. The first-order valence-corrected chi connectivity index (χ1v) is 12.1. The molecular formula is C25H50. The Hall–Kier alpha value is -0.260. The van der Waals surface area contributed by atoms with Crippen LogP contribution in [0.15, 0.2) is 12.2 Å². The Morgan fingerprint density at radius 1 is 0.320 bits per heavy atom. The Kier molecular flexibility index (Phi) is 23.5. The van der Waals surface area contributed by atoms with Crippen LogP contribution in [0.3, 0.4) is 0 Å². The minimum Gasteiger partial charge on any atom is -0.0885 e. The van der Waals surface area contributed by atoms with Gasteiger partial charge in [0.1, 0.15) is 0 Å². The normalized spacial score (nSPS) is 11.6.